The number of hydrogen-bond donors (Lipinski definition) is 0. The highest BCUT2D eigenvalue weighted by Crippen LogP contribution is 2.32. The van der Waals surface area contributed by atoms with Crippen LogP contribution in [0.3, 0.4) is 0 Å². The highest BCUT2D eigenvalue weighted by atomic mass is 79.9. The van der Waals surface area contributed by atoms with Gasteiger partial charge in [0.2, 0.25) is 0 Å². The molecule has 0 aliphatic carbocycles. The molecule has 1 saturated heterocycles. The number of carbonyl (C=O) groups is 2. The van der Waals surface area contributed by atoms with Gasteiger partial charge in [-0.2, -0.15) is 0 Å². The van der Waals surface area contributed by atoms with Crippen LogP contribution in [-0.2, 0) is 24.1 Å². The number of hydrogen-bond acceptors (Lipinski definition) is 6. The minimum atomic E-state index is -3.78. The topological polar surface area (TPSA) is 90.0 Å². The molecule has 9 heteroatoms. The second-order valence-electron chi connectivity index (χ2n) is 6.48. The lowest BCUT2D eigenvalue weighted by Crippen LogP contribution is -2.47. The van der Waals surface area contributed by atoms with Crippen molar-refractivity contribution in [2.45, 2.75) is 38.0 Å². The first-order valence-electron chi connectivity index (χ1n) is 8.10. The molecule has 26 heavy (non-hydrogen) atoms. The maximum absolute atomic E-state index is 12.3. The van der Waals surface area contributed by atoms with E-state index in [-0.39, 0.29) is 19.6 Å². The molecule has 1 fully saturated rings. The Labute approximate surface area is 161 Å². The van der Waals surface area contributed by atoms with Crippen LogP contribution in [0, 0.1) is 6.92 Å². The van der Waals surface area contributed by atoms with Crippen molar-refractivity contribution in [3.05, 3.63) is 28.2 Å². The van der Waals surface area contributed by atoms with Crippen molar-refractivity contribution in [1.82, 2.24) is 0 Å². The number of esters is 1. The van der Waals surface area contributed by atoms with E-state index in [0.29, 0.717) is 5.69 Å². The molecule has 1 aromatic carbocycles. The van der Waals surface area contributed by atoms with Gasteiger partial charge in [0.15, 0.2) is 14.6 Å². The summed E-state index contributed by atoms with van der Waals surface area (Å²) in [6.45, 7) is 5.03. The molecule has 1 unspecified atom stereocenters. The molecule has 0 saturated carbocycles. The number of rotatable bonds is 6. The third-order valence-corrected chi connectivity index (χ3v) is 7.33. The molecule has 1 aliphatic heterocycles. The van der Waals surface area contributed by atoms with Gasteiger partial charge in [-0.15, -0.1) is 0 Å². The van der Waals surface area contributed by atoms with E-state index in [1.807, 2.05) is 19.1 Å². The predicted molar refractivity (Wildman–Crippen MR) is 101 cm³/mol. The quantitative estimate of drug-likeness (QED) is 0.622. The lowest BCUT2D eigenvalue weighted by atomic mass is 10.0. The first kappa shape index (κ1) is 20.7. The summed E-state index contributed by atoms with van der Waals surface area (Å²) in [5.74, 6) is -0.837. The summed E-state index contributed by atoms with van der Waals surface area (Å²) in [5.41, 5.74) is 1.60. The van der Waals surface area contributed by atoms with Gasteiger partial charge in [-0.1, -0.05) is 15.9 Å². The second kappa shape index (κ2) is 7.56. The number of ether oxygens (including phenoxy) is 2. The van der Waals surface area contributed by atoms with E-state index in [9.17, 15) is 18.0 Å². The van der Waals surface area contributed by atoms with Gasteiger partial charge in [0, 0.05) is 22.8 Å². The molecule has 0 aromatic heterocycles. The standard InChI is InChI=1S/C17H22BrNO6S/c1-5-24-15(20)17(3,26(4,22)23)9-13-10-19(16(21)25-13)12-6-7-14(18)11(2)8-12/h6-8,13H,5,9-10H2,1-4H3/t13-,17?/m0/s1. The number of sulfone groups is 1. The molecule has 0 N–H and O–H groups in total. The Balaban J connectivity index is 2.23. The molecular formula is C17H22BrNO6S. The van der Waals surface area contributed by atoms with E-state index in [4.69, 9.17) is 9.47 Å². The van der Waals surface area contributed by atoms with Gasteiger partial charge in [-0.3, -0.25) is 9.69 Å². The summed E-state index contributed by atoms with van der Waals surface area (Å²) in [7, 11) is -3.78. The SMILES string of the molecule is CCOC(=O)C(C)(C[C@H]1CN(c2ccc(Br)c(C)c2)C(=O)O1)S(C)(=O)=O. The molecule has 2 atom stereocenters. The number of amides is 1. The Hall–Kier alpha value is -1.61. The Bertz CT molecular complexity index is 825. The first-order valence-corrected chi connectivity index (χ1v) is 10.8. The summed E-state index contributed by atoms with van der Waals surface area (Å²) < 4.78 is 33.8. The monoisotopic (exact) mass is 447 g/mol. The summed E-state index contributed by atoms with van der Waals surface area (Å²) >= 11 is 3.40. The zero-order valence-corrected chi connectivity index (χ0v) is 17.5. The lowest BCUT2D eigenvalue weighted by Gasteiger charge is -2.27. The van der Waals surface area contributed by atoms with Gasteiger partial charge >= 0.3 is 12.1 Å². The fourth-order valence-electron chi connectivity index (χ4n) is 2.74. The molecule has 144 valence electrons. The molecule has 1 aromatic rings. The maximum atomic E-state index is 12.3. The minimum Gasteiger partial charge on any atom is -0.465 e. The number of nitrogens with zero attached hydrogens (tertiary/aromatic N) is 1. The van der Waals surface area contributed by atoms with Crippen LogP contribution in [-0.4, -0.2) is 50.7 Å². The second-order valence-corrected chi connectivity index (χ2v) is 9.78. The summed E-state index contributed by atoms with van der Waals surface area (Å²) in [6.07, 6.45) is -0.495. The van der Waals surface area contributed by atoms with Gasteiger partial charge in [0.05, 0.1) is 13.2 Å². The van der Waals surface area contributed by atoms with E-state index >= 15 is 0 Å². The third kappa shape index (κ3) is 4.03. The van der Waals surface area contributed by atoms with E-state index in [1.165, 1.54) is 11.8 Å². The molecule has 0 radical (unpaired) electrons. The number of anilines is 1. The summed E-state index contributed by atoms with van der Waals surface area (Å²) in [5, 5.41) is 0. The van der Waals surface area contributed by atoms with Crippen molar-refractivity contribution in [3.8, 4) is 0 Å². The third-order valence-electron chi connectivity index (χ3n) is 4.47. The number of aryl methyl sites for hydroxylation is 1. The predicted octanol–water partition coefficient (Wildman–Crippen LogP) is 2.84. The Morgan fingerprint density at radius 1 is 1.46 bits per heavy atom. The lowest BCUT2D eigenvalue weighted by molar-refractivity contribution is -0.146. The van der Waals surface area contributed by atoms with E-state index in [2.05, 4.69) is 15.9 Å². The highest BCUT2D eigenvalue weighted by Gasteiger charge is 2.49. The Morgan fingerprint density at radius 2 is 2.12 bits per heavy atom. The van der Waals surface area contributed by atoms with Gasteiger partial charge in [0.1, 0.15) is 6.10 Å². The zero-order chi connectivity index (χ0) is 19.7. The van der Waals surface area contributed by atoms with Crippen LogP contribution in [0.5, 0.6) is 0 Å². The molecule has 0 spiro atoms. The minimum absolute atomic E-state index is 0.0681. The number of carbonyl (C=O) groups excluding carboxylic acids is 2. The van der Waals surface area contributed by atoms with Gasteiger partial charge in [-0.05, 0) is 44.5 Å². The first-order chi connectivity index (χ1) is 12.0. The Morgan fingerprint density at radius 3 is 2.65 bits per heavy atom. The van der Waals surface area contributed by atoms with Crippen LogP contribution in [0.25, 0.3) is 0 Å². The number of halogens is 1. The van der Waals surface area contributed by atoms with Crippen molar-refractivity contribution in [3.63, 3.8) is 0 Å². The van der Waals surface area contributed by atoms with Crippen molar-refractivity contribution >= 4 is 43.5 Å². The van der Waals surface area contributed by atoms with Crippen molar-refractivity contribution in [2.75, 3.05) is 24.3 Å². The Kier molecular flexibility index (Phi) is 6.02. The fraction of sp³-hybridized carbons (Fsp3) is 0.529. The van der Waals surface area contributed by atoms with Crippen LogP contribution in [0.2, 0.25) is 0 Å². The maximum Gasteiger partial charge on any atom is 0.414 e. The average molecular weight is 448 g/mol. The number of cyclic esters (lactones) is 1. The molecule has 1 amide bonds. The van der Waals surface area contributed by atoms with Crippen molar-refractivity contribution in [1.29, 1.82) is 0 Å². The van der Waals surface area contributed by atoms with Crippen molar-refractivity contribution in [2.24, 2.45) is 0 Å². The molecule has 1 heterocycles. The number of benzene rings is 1. The van der Waals surface area contributed by atoms with E-state index in [0.717, 1.165) is 16.3 Å². The normalized spacial score (nSPS) is 19.8. The molecule has 0 bridgehead atoms. The largest absolute Gasteiger partial charge is 0.465 e. The van der Waals surface area contributed by atoms with Crippen LogP contribution in [0.15, 0.2) is 22.7 Å². The van der Waals surface area contributed by atoms with Crippen LogP contribution in [0.4, 0.5) is 10.5 Å². The summed E-state index contributed by atoms with van der Waals surface area (Å²) in [6, 6.07) is 5.42. The zero-order valence-electron chi connectivity index (χ0n) is 15.1. The summed E-state index contributed by atoms with van der Waals surface area (Å²) in [4.78, 5) is 25.9. The van der Waals surface area contributed by atoms with Crippen LogP contribution in [0.1, 0.15) is 25.8 Å². The fourth-order valence-corrected chi connectivity index (χ4v) is 3.84. The molecule has 7 nitrogen and oxygen atoms in total. The van der Waals surface area contributed by atoms with E-state index < -0.39 is 32.8 Å². The van der Waals surface area contributed by atoms with Gasteiger partial charge in [-0.25, -0.2) is 13.2 Å². The molecular weight excluding hydrogens is 426 g/mol. The van der Waals surface area contributed by atoms with Crippen LogP contribution < -0.4 is 4.90 Å². The van der Waals surface area contributed by atoms with Gasteiger partial charge in [0.25, 0.3) is 0 Å². The molecule has 2 rings (SSSR count). The highest BCUT2D eigenvalue weighted by molar-refractivity contribution is 9.10. The molecule has 1 aliphatic rings. The van der Waals surface area contributed by atoms with E-state index in [1.54, 1.807) is 13.0 Å². The smallest absolute Gasteiger partial charge is 0.414 e. The van der Waals surface area contributed by atoms with Crippen LogP contribution >= 0.6 is 15.9 Å². The van der Waals surface area contributed by atoms with Crippen molar-refractivity contribution < 1.29 is 27.5 Å². The van der Waals surface area contributed by atoms with Gasteiger partial charge < -0.3 is 9.47 Å². The average Bonchev–Trinajstić information content (AvgIpc) is 2.89.